The topological polar surface area (TPSA) is 59.0 Å². The first-order chi connectivity index (χ1) is 13.5. The summed E-state index contributed by atoms with van der Waals surface area (Å²) in [6.45, 7) is 5.41. The van der Waals surface area contributed by atoms with E-state index in [0.717, 1.165) is 37.1 Å². The Morgan fingerprint density at radius 1 is 1.36 bits per heavy atom. The minimum atomic E-state index is -0.268. The van der Waals surface area contributed by atoms with Crippen molar-refractivity contribution in [3.05, 3.63) is 57.8 Å². The second-order valence-electron chi connectivity index (χ2n) is 6.73. The van der Waals surface area contributed by atoms with Gasteiger partial charge in [-0.25, -0.2) is 4.79 Å². The van der Waals surface area contributed by atoms with Gasteiger partial charge in [-0.1, -0.05) is 18.2 Å². The van der Waals surface area contributed by atoms with Crippen LogP contribution >= 0.6 is 11.3 Å². The number of benzene rings is 1. The Kier molecular flexibility index (Phi) is 8.54. The average molecular weight is 404 g/mol. The molecular weight excluding hydrogens is 374 g/mol. The van der Waals surface area contributed by atoms with E-state index in [0.29, 0.717) is 10.6 Å². The van der Waals surface area contributed by atoms with Crippen molar-refractivity contribution in [2.24, 2.45) is 0 Å². The number of hydrogen-bond acceptors (Lipinski definition) is 6. The molecule has 0 fully saturated rings. The predicted octanol–water partition coefficient (Wildman–Crippen LogP) is 4.78. The quantitative estimate of drug-likeness (QED) is 0.457. The average Bonchev–Trinajstić information content (AvgIpc) is 3.21. The van der Waals surface area contributed by atoms with Crippen LogP contribution in [-0.4, -0.2) is 42.8 Å². The number of phenols is 1. The van der Waals surface area contributed by atoms with Crippen molar-refractivity contribution < 1.29 is 19.4 Å². The molecule has 6 heteroatoms. The second-order valence-corrected chi connectivity index (χ2v) is 7.68. The summed E-state index contributed by atoms with van der Waals surface area (Å²) in [6, 6.07) is 7.40. The number of methoxy groups -OCH3 is 1. The molecule has 0 saturated carbocycles. The third-order valence-corrected chi connectivity index (χ3v) is 5.43. The minimum absolute atomic E-state index is 0.196. The van der Waals surface area contributed by atoms with Crippen LogP contribution in [0.25, 0.3) is 0 Å². The first-order valence-corrected chi connectivity index (χ1v) is 10.3. The van der Waals surface area contributed by atoms with Gasteiger partial charge in [0.2, 0.25) is 0 Å². The van der Waals surface area contributed by atoms with Gasteiger partial charge in [-0.15, -0.1) is 11.3 Å². The smallest absolute Gasteiger partial charge is 0.348 e. The number of rotatable bonds is 10. The van der Waals surface area contributed by atoms with Crippen LogP contribution in [0.4, 0.5) is 0 Å². The summed E-state index contributed by atoms with van der Waals surface area (Å²) in [5.41, 5.74) is 1.90. The van der Waals surface area contributed by atoms with Gasteiger partial charge in [0.15, 0.2) is 11.5 Å². The molecule has 1 unspecified atom stereocenters. The summed E-state index contributed by atoms with van der Waals surface area (Å²) < 4.78 is 10.8. The van der Waals surface area contributed by atoms with Gasteiger partial charge in [0.05, 0.1) is 7.11 Å². The molecule has 0 aliphatic carbocycles. The molecule has 0 aliphatic rings. The molecule has 0 bridgehead atoms. The van der Waals surface area contributed by atoms with E-state index in [9.17, 15) is 9.90 Å². The van der Waals surface area contributed by atoms with Crippen LogP contribution in [-0.2, 0) is 11.3 Å². The lowest BCUT2D eigenvalue weighted by Crippen LogP contribution is -2.22. The summed E-state index contributed by atoms with van der Waals surface area (Å²) in [5.74, 6) is 0.420. The van der Waals surface area contributed by atoms with E-state index in [2.05, 4.69) is 4.90 Å². The number of carbonyl (C=O) groups excluding carboxylic acids is 1. The van der Waals surface area contributed by atoms with Gasteiger partial charge in [0.1, 0.15) is 11.0 Å². The van der Waals surface area contributed by atoms with Crippen molar-refractivity contribution in [3.8, 4) is 11.5 Å². The van der Waals surface area contributed by atoms with E-state index in [1.807, 2.05) is 50.6 Å². The maximum absolute atomic E-state index is 12.2. The standard InChI is InChI=1S/C22H29NO4S/c1-5-8-18(27-22(25)20-10-7-14-28-20)9-6-13-23(3)15-17-11-12-19(26-4)21(24)16(17)2/h5,7-8,10-12,14,18,24H,6,9,13,15H2,1-4H3/b8-5-. The first kappa shape index (κ1) is 22.0. The highest BCUT2D eigenvalue weighted by atomic mass is 32.1. The minimum Gasteiger partial charge on any atom is -0.504 e. The number of hydrogen-bond donors (Lipinski definition) is 1. The Hall–Kier alpha value is -2.31. The van der Waals surface area contributed by atoms with E-state index in [1.54, 1.807) is 19.2 Å². The molecule has 1 aromatic heterocycles. The van der Waals surface area contributed by atoms with Crippen LogP contribution in [0, 0.1) is 6.92 Å². The number of thiophene rings is 1. The van der Waals surface area contributed by atoms with E-state index >= 15 is 0 Å². The zero-order chi connectivity index (χ0) is 20.5. The number of nitrogens with zero attached hydrogens (tertiary/aromatic N) is 1. The fourth-order valence-electron chi connectivity index (χ4n) is 2.98. The van der Waals surface area contributed by atoms with Crippen molar-refractivity contribution >= 4 is 17.3 Å². The first-order valence-electron chi connectivity index (χ1n) is 9.37. The van der Waals surface area contributed by atoms with Gasteiger partial charge in [-0.2, -0.15) is 0 Å². The van der Waals surface area contributed by atoms with Gasteiger partial charge < -0.3 is 19.5 Å². The Morgan fingerprint density at radius 3 is 2.79 bits per heavy atom. The van der Waals surface area contributed by atoms with E-state index in [-0.39, 0.29) is 17.8 Å². The molecular formula is C22H29NO4S. The largest absolute Gasteiger partial charge is 0.504 e. The van der Waals surface area contributed by atoms with Crippen LogP contribution in [0.2, 0.25) is 0 Å². The van der Waals surface area contributed by atoms with Crippen molar-refractivity contribution in [2.45, 2.75) is 39.3 Å². The summed E-state index contributed by atoms with van der Waals surface area (Å²) in [5, 5.41) is 12.0. The molecule has 2 rings (SSSR count). The number of allylic oxidation sites excluding steroid dienone is 1. The highest BCUT2D eigenvalue weighted by Crippen LogP contribution is 2.32. The third-order valence-electron chi connectivity index (χ3n) is 4.58. The molecule has 0 aliphatic heterocycles. The molecule has 28 heavy (non-hydrogen) atoms. The van der Waals surface area contributed by atoms with Crippen molar-refractivity contribution in [3.63, 3.8) is 0 Å². The summed E-state index contributed by atoms with van der Waals surface area (Å²) in [4.78, 5) is 15.0. The summed E-state index contributed by atoms with van der Waals surface area (Å²) >= 11 is 1.39. The molecule has 0 radical (unpaired) electrons. The Bertz CT molecular complexity index is 786. The van der Waals surface area contributed by atoms with Crippen LogP contribution in [0.15, 0.2) is 41.8 Å². The predicted molar refractivity (Wildman–Crippen MR) is 113 cm³/mol. The van der Waals surface area contributed by atoms with Crippen LogP contribution < -0.4 is 4.74 Å². The lowest BCUT2D eigenvalue weighted by Gasteiger charge is -2.20. The number of aromatic hydroxyl groups is 1. The maximum atomic E-state index is 12.2. The molecule has 1 N–H and O–H groups in total. The molecule has 1 heterocycles. The normalized spacial score (nSPS) is 12.5. The molecule has 5 nitrogen and oxygen atoms in total. The van der Waals surface area contributed by atoms with E-state index in [1.165, 1.54) is 11.3 Å². The Morgan fingerprint density at radius 2 is 2.14 bits per heavy atom. The van der Waals surface area contributed by atoms with Gasteiger partial charge in [0.25, 0.3) is 0 Å². The Balaban J connectivity index is 1.85. The molecule has 0 spiro atoms. The zero-order valence-electron chi connectivity index (χ0n) is 17.0. The van der Waals surface area contributed by atoms with Crippen LogP contribution in [0.5, 0.6) is 11.5 Å². The van der Waals surface area contributed by atoms with Crippen molar-refractivity contribution in [1.29, 1.82) is 0 Å². The van der Waals surface area contributed by atoms with Gasteiger partial charge in [-0.3, -0.25) is 0 Å². The van der Waals surface area contributed by atoms with Crippen LogP contribution in [0.1, 0.15) is 40.6 Å². The highest BCUT2D eigenvalue weighted by molar-refractivity contribution is 7.11. The summed E-state index contributed by atoms with van der Waals surface area (Å²) in [6.07, 6.45) is 5.28. The molecule has 0 amide bonds. The number of phenolic OH excluding ortho intramolecular Hbond substituents is 1. The number of ether oxygens (including phenoxy) is 2. The molecule has 0 saturated heterocycles. The molecule has 2 aromatic rings. The molecule has 1 aromatic carbocycles. The van der Waals surface area contributed by atoms with E-state index in [4.69, 9.17) is 9.47 Å². The van der Waals surface area contributed by atoms with E-state index < -0.39 is 0 Å². The maximum Gasteiger partial charge on any atom is 0.348 e. The fraction of sp³-hybridized carbons (Fsp3) is 0.409. The molecule has 1 atom stereocenters. The molecule has 152 valence electrons. The van der Waals surface area contributed by atoms with Crippen molar-refractivity contribution in [1.82, 2.24) is 4.90 Å². The van der Waals surface area contributed by atoms with Gasteiger partial charge in [0, 0.05) is 6.54 Å². The number of carbonyl (C=O) groups is 1. The second kappa shape index (κ2) is 10.9. The lowest BCUT2D eigenvalue weighted by molar-refractivity contribution is 0.0378. The fourth-order valence-corrected chi connectivity index (χ4v) is 3.59. The third kappa shape index (κ3) is 6.11. The van der Waals surface area contributed by atoms with Crippen molar-refractivity contribution in [2.75, 3.05) is 20.7 Å². The summed E-state index contributed by atoms with van der Waals surface area (Å²) in [7, 11) is 3.59. The monoisotopic (exact) mass is 403 g/mol. The SMILES string of the molecule is C/C=C\C(CCCN(C)Cc1ccc(OC)c(O)c1C)OC(=O)c1cccs1. The lowest BCUT2D eigenvalue weighted by atomic mass is 10.1. The van der Waals surface area contributed by atoms with Gasteiger partial charge in [-0.05, 0) is 75.0 Å². The highest BCUT2D eigenvalue weighted by Gasteiger charge is 2.15. The van der Waals surface area contributed by atoms with Crippen LogP contribution in [0.3, 0.4) is 0 Å². The van der Waals surface area contributed by atoms with Gasteiger partial charge >= 0.3 is 5.97 Å². The Labute approximate surface area is 171 Å². The zero-order valence-corrected chi connectivity index (χ0v) is 17.8. The number of esters is 1.